The molecule has 0 aliphatic rings. The van der Waals surface area contributed by atoms with Crippen molar-refractivity contribution in [3.63, 3.8) is 0 Å². The van der Waals surface area contributed by atoms with Gasteiger partial charge in [-0.15, -0.1) is 0 Å². The second-order valence-corrected chi connectivity index (χ2v) is 5.99. The lowest BCUT2D eigenvalue weighted by molar-refractivity contribution is -0.115. The molecule has 130 valence electrons. The largest absolute Gasteiger partial charge is 0.375 e. The minimum Gasteiger partial charge on any atom is -0.375 e. The predicted molar refractivity (Wildman–Crippen MR) is 107 cm³/mol. The highest BCUT2D eigenvalue weighted by Crippen LogP contribution is 2.17. The van der Waals surface area contributed by atoms with Crippen molar-refractivity contribution in [3.8, 4) is 0 Å². The number of rotatable bonds is 8. The van der Waals surface area contributed by atoms with E-state index in [0.717, 1.165) is 36.1 Å². The number of anilines is 1. The van der Waals surface area contributed by atoms with Crippen molar-refractivity contribution < 1.29 is 4.79 Å². The van der Waals surface area contributed by atoms with Crippen LogP contribution in [0.2, 0.25) is 0 Å². The average Bonchev–Trinajstić information content (AvgIpc) is 2.60. The van der Waals surface area contributed by atoms with Gasteiger partial charge in [-0.2, -0.15) is 5.10 Å². The van der Waals surface area contributed by atoms with E-state index in [1.807, 2.05) is 54.6 Å². The van der Waals surface area contributed by atoms with Crippen LogP contribution >= 0.6 is 12.2 Å². The molecular formula is C19H22N4OS. The van der Waals surface area contributed by atoms with Crippen molar-refractivity contribution >= 4 is 35.1 Å². The normalized spacial score (nSPS) is 10.6. The molecule has 0 saturated heterocycles. The average molecular weight is 354 g/mol. The summed E-state index contributed by atoms with van der Waals surface area (Å²) in [5, 5.41) is 7.07. The Labute approximate surface area is 153 Å². The Bertz CT molecular complexity index is 731. The molecule has 0 unspecified atom stereocenters. The molecule has 2 rings (SSSR count). The fraction of sp³-hybridized carbons (Fsp3) is 0.211. The molecule has 0 aromatic heterocycles. The Hall–Kier alpha value is -2.73. The number of carbonyl (C=O) groups excluding carboxylic acids is 1. The molecule has 2 aromatic rings. The molecule has 0 radical (unpaired) electrons. The lowest BCUT2D eigenvalue weighted by Crippen LogP contribution is -2.23. The maximum Gasteiger partial charge on any atom is 0.228 e. The smallest absolute Gasteiger partial charge is 0.228 e. The number of hydrogen-bond acceptors (Lipinski definition) is 3. The van der Waals surface area contributed by atoms with Crippen LogP contribution in [0.15, 0.2) is 59.7 Å². The summed E-state index contributed by atoms with van der Waals surface area (Å²) >= 11 is 4.67. The monoisotopic (exact) mass is 354 g/mol. The van der Waals surface area contributed by atoms with Crippen LogP contribution in [0.3, 0.4) is 0 Å². The van der Waals surface area contributed by atoms with Gasteiger partial charge in [0.2, 0.25) is 5.91 Å². The van der Waals surface area contributed by atoms with Crippen molar-refractivity contribution in [3.05, 3.63) is 65.7 Å². The molecule has 0 aliphatic carbocycles. The standard InChI is InChI=1S/C19H22N4OS/c20-19(25)23-21-13-7-6-11-16-10-4-5-12-17(16)22-18(24)14-15-8-2-1-3-9-15/h1-5,8-10,12-13H,6-7,11,14H2,(H,22,24)(H3,20,23,25). The van der Waals surface area contributed by atoms with Gasteiger partial charge in [0.25, 0.3) is 0 Å². The maximum absolute atomic E-state index is 12.2. The molecule has 0 saturated carbocycles. The number of para-hydroxylation sites is 1. The summed E-state index contributed by atoms with van der Waals surface area (Å²) in [6.45, 7) is 0. The van der Waals surface area contributed by atoms with Gasteiger partial charge in [0.15, 0.2) is 5.11 Å². The molecule has 2 aromatic carbocycles. The van der Waals surface area contributed by atoms with E-state index in [4.69, 9.17) is 5.73 Å². The lowest BCUT2D eigenvalue weighted by Gasteiger charge is -2.11. The van der Waals surface area contributed by atoms with Gasteiger partial charge in [-0.25, -0.2) is 0 Å². The van der Waals surface area contributed by atoms with Crippen LogP contribution in [0.5, 0.6) is 0 Å². The molecule has 1 amide bonds. The van der Waals surface area contributed by atoms with Crippen molar-refractivity contribution in [1.82, 2.24) is 5.43 Å². The van der Waals surface area contributed by atoms with Crippen LogP contribution in [-0.4, -0.2) is 17.2 Å². The summed E-state index contributed by atoms with van der Waals surface area (Å²) in [7, 11) is 0. The van der Waals surface area contributed by atoms with Crippen LogP contribution in [0.25, 0.3) is 0 Å². The zero-order chi connectivity index (χ0) is 17.9. The first-order valence-corrected chi connectivity index (χ1v) is 8.54. The van der Waals surface area contributed by atoms with Crippen LogP contribution in [0.1, 0.15) is 24.0 Å². The predicted octanol–water partition coefficient (Wildman–Crippen LogP) is 3.01. The third-order valence-corrected chi connectivity index (χ3v) is 3.64. The van der Waals surface area contributed by atoms with Gasteiger partial charge < -0.3 is 11.1 Å². The molecule has 4 N–H and O–H groups in total. The number of amides is 1. The zero-order valence-electron chi connectivity index (χ0n) is 13.9. The van der Waals surface area contributed by atoms with E-state index >= 15 is 0 Å². The lowest BCUT2D eigenvalue weighted by atomic mass is 10.1. The number of unbranched alkanes of at least 4 members (excludes halogenated alkanes) is 1. The number of aryl methyl sites for hydroxylation is 1. The van der Waals surface area contributed by atoms with Gasteiger partial charge >= 0.3 is 0 Å². The molecule has 25 heavy (non-hydrogen) atoms. The highest BCUT2D eigenvalue weighted by atomic mass is 32.1. The van der Waals surface area contributed by atoms with Gasteiger partial charge in [-0.3, -0.25) is 10.2 Å². The third-order valence-electron chi connectivity index (χ3n) is 3.54. The summed E-state index contributed by atoms with van der Waals surface area (Å²) in [6, 6.07) is 17.6. The summed E-state index contributed by atoms with van der Waals surface area (Å²) in [4.78, 5) is 12.2. The Morgan fingerprint density at radius 2 is 1.84 bits per heavy atom. The number of nitrogens with zero attached hydrogens (tertiary/aromatic N) is 1. The molecule has 0 heterocycles. The second-order valence-electron chi connectivity index (χ2n) is 5.55. The van der Waals surface area contributed by atoms with E-state index in [0.29, 0.717) is 6.42 Å². The Morgan fingerprint density at radius 1 is 1.12 bits per heavy atom. The molecule has 0 bridgehead atoms. The molecule has 5 nitrogen and oxygen atoms in total. The van der Waals surface area contributed by atoms with Gasteiger partial charge in [0, 0.05) is 11.9 Å². The van der Waals surface area contributed by atoms with Gasteiger partial charge in [-0.1, -0.05) is 48.5 Å². The first-order valence-electron chi connectivity index (χ1n) is 8.14. The van der Waals surface area contributed by atoms with E-state index < -0.39 is 0 Å². The fourth-order valence-electron chi connectivity index (χ4n) is 2.39. The molecule has 0 atom stereocenters. The molecule has 0 aliphatic heterocycles. The van der Waals surface area contributed by atoms with Crippen molar-refractivity contribution in [2.75, 3.05) is 5.32 Å². The van der Waals surface area contributed by atoms with Crippen LogP contribution in [-0.2, 0) is 17.6 Å². The van der Waals surface area contributed by atoms with Crippen molar-refractivity contribution in [2.45, 2.75) is 25.7 Å². The number of carbonyl (C=O) groups is 1. The zero-order valence-corrected chi connectivity index (χ0v) is 14.8. The highest BCUT2D eigenvalue weighted by molar-refractivity contribution is 7.80. The molecular weight excluding hydrogens is 332 g/mol. The quantitative estimate of drug-likeness (QED) is 0.295. The van der Waals surface area contributed by atoms with E-state index in [1.54, 1.807) is 6.21 Å². The third kappa shape index (κ3) is 7.14. The number of thiocarbonyl (C=S) groups is 1. The fourth-order valence-corrected chi connectivity index (χ4v) is 2.45. The number of nitrogens with two attached hydrogens (primary N) is 1. The number of hydrazone groups is 1. The highest BCUT2D eigenvalue weighted by Gasteiger charge is 2.07. The first kappa shape index (κ1) is 18.6. The summed E-state index contributed by atoms with van der Waals surface area (Å²) in [5.74, 6) is -0.0131. The van der Waals surface area contributed by atoms with E-state index in [2.05, 4.69) is 28.1 Å². The van der Waals surface area contributed by atoms with Crippen LogP contribution < -0.4 is 16.5 Å². The number of nitrogens with one attached hydrogen (secondary N) is 2. The maximum atomic E-state index is 12.2. The van der Waals surface area contributed by atoms with Gasteiger partial charge in [-0.05, 0) is 48.7 Å². The molecule has 6 heteroatoms. The first-order chi connectivity index (χ1) is 12.1. The SMILES string of the molecule is NC(=S)NN=CCCCc1ccccc1NC(=O)Cc1ccccc1. The summed E-state index contributed by atoms with van der Waals surface area (Å²) in [5.41, 5.74) is 10.8. The number of hydrogen-bond donors (Lipinski definition) is 3. The van der Waals surface area contributed by atoms with E-state index in [1.165, 1.54) is 0 Å². The van der Waals surface area contributed by atoms with Gasteiger partial charge in [0.05, 0.1) is 6.42 Å². The van der Waals surface area contributed by atoms with Crippen LogP contribution in [0.4, 0.5) is 5.69 Å². The molecule has 0 fully saturated rings. The van der Waals surface area contributed by atoms with Crippen LogP contribution in [0, 0.1) is 0 Å². The molecule has 0 spiro atoms. The second kappa shape index (κ2) is 10.2. The van der Waals surface area contributed by atoms with E-state index in [9.17, 15) is 4.79 Å². The Morgan fingerprint density at radius 3 is 2.60 bits per heavy atom. The minimum atomic E-state index is -0.0131. The number of benzene rings is 2. The van der Waals surface area contributed by atoms with Crippen molar-refractivity contribution in [1.29, 1.82) is 0 Å². The minimum absolute atomic E-state index is 0.0131. The van der Waals surface area contributed by atoms with Crippen molar-refractivity contribution in [2.24, 2.45) is 10.8 Å². The summed E-state index contributed by atoms with van der Waals surface area (Å²) in [6.07, 6.45) is 4.67. The summed E-state index contributed by atoms with van der Waals surface area (Å²) < 4.78 is 0. The van der Waals surface area contributed by atoms with Gasteiger partial charge in [0.1, 0.15) is 0 Å². The topological polar surface area (TPSA) is 79.5 Å². The Kier molecular flexibility index (Phi) is 7.59. The Balaban J connectivity index is 1.86. The van der Waals surface area contributed by atoms with E-state index in [-0.39, 0.29) is 11.0 Å².